The molecular weight excluding hydrogens is 401 g/mol. The van der Waals surface area contributed by atoms with Gasteiger partial charge in [0.1, 0.15) is 0 Å². The van der Waals surface area contributed by atoms with Crippen LogP contribution < -0.4 is 5.32 Å². The number of fused-ring (bicyclic) bond motifs is 2. The molecule has 2 aromatic rings. The number of halogens is 1. The van der Waals surface area contributed by atoms with Crippen LogP contribution in [0.2, 0.25) is 0 Å². The molecule has 1 unspecified atom stereocenters. The van der Waals surface area contributed by atoms with Gasteiger partial charge < -0.3 is 0 Å². The number of hydrogen-bond acceptors (Lipinski definition) is 4. The van der Waals surface area contributed by atoms with Crippen LogP contribution in [0, 0.1) is 0 Å². The second kappa shape index (κ2) is 5.26. The Hall–Kier alpha value is -0.681. The number of hydrogen-bond donors (Lipinski definition) is 1. The average Bonchev–Trinajstić information content (AvgIpc) is 3.05. The molecule has 6 heteroatoms. The number of nitrogens with zero attached hydrogens (tertiary/aromatic N) is 2. The summed E-state index contributed by atoms with van der Waals surface area (Å²) in [7, 11) is 0. The van der Waals surface area contributed by atoms with Crippen LogP contribution in [0.5, 0.6) is 0 Å². The Kier molecular flexibility index (Phi) is 3.42. The van der Waals surface area contributed by atoms with Crippen molar-refractivity contribution in [2.24, 2.45) is 7.92 Å². The number of thiophene rings is 1. The third kappa shape index (κ3) is 2.25. The molecule has 0 spiro atoms. The number of rotatable bonds is 2. The fourth-order valence-electron chi connectivity index (χ4n) is 2.78. The van der Waals surface area contributed by atoms with E-state index in [0.29, 0.717) is 6.04 Å². The van der Waals surface area contributed by atoms with Crippen LogP contribution in [0.3, 0.4) is 0 Å². The summed E-state index contributed by atoms with van der Waals surface area (Å²) in [5.74, 6) is 0. The molecule has 20 heavy (non-hydrogen) atoms. The van der Waals surface area contributed by atoms with Crippen LogP contribution in [-0.4, -0.2) is 14.6 Å². The van der Waals surface area contributed by atoms with Crippen LogP contribution in [0.4, 0.5) is 17.1 Å². The molecule has 1 N–H and O–H groups in total. The second-order valence-corrected chi connectivity index (χ2v) is 8.58. The minimum atomic E-state index is 0.0310. The Morgan fingerprint density at radius 3 is 3.25 bits per heavy atom. The second-order valence-electron chi connectivity index (χ2n) is 4.96. The van der Waals surface area contributed by atoms with Gasteiger partial charge in [0.15, 0.2) is 0 Å². The zero-order chi connectivity index (χ0) is 13.5. The van der Waals surface area contributed by atoms with Crippen molar-refractivity contribution < 1.29 is 0 Å². The van der Waals surface area contributed by atoms with E-state index in [1.54, 1.807) is 0 Å². The predicted octanol–water partition coefficient (Wildman–Crippen LogP) is 5.35. The molecule has 0 bridgehead atoms. The first-order valence-corrected chi connectivity index (χ1v) is 9.71. The molecule has 1 aromatic carbocycles. The summed E-state index contributed by atoms with van der Waals surface area (Å²) >= 11 is 5.51. The molecule has 2 heterocycles. The number of benzene rings is 1. The van der Waals surface area contributed by atoms with Gasteiger partial charge in [-0.05, 0) is 0 Å². The number of aryl methyl sites for hydroxylation is 1. The monoisotopic (exact) mass is 413 g/mol. The van der Waals surface area contributed by atoms with Gasteiger partial charge in [-0.15, -0.1) is 0 Å². The van der Waals surface area contributed by atoms with Crippen LogP contribution in [-0.2, 0) is 6.42 Å². The van der Waals surface area contributed by atoms with Crippen molar-refractivity contribution in [2.45, 2.75) is 25.3 Å². The molecule has 0 saturated heterocycles. The maximum atomic E-state index is 4.55. The van der Waals surface area contributed by atoms with E-state index >= 15 is 0 Å². The third-order valence-electron chi connectivity index (χ3n) is 3.70. The fraction of sp³-hybridized carbons (Fsp3) is 0.286. The van der Waals surface area contributed by atoms with Crippen molar-refractivity contribution >= 4 is 58.9 Å². The van der Waals surface area contributed by atoms with Crippen molar-refractivity contribution in [1.82, 2.24) is 0 Å². The Labute approximate surface area is 135 Å². The molecule has 2 aliphatic rings. The van der Waals surface area contributed by atoms with Gasteiger partial charge in [0.05, 0.1) is 0 Å². The van der Waals surface area contributed by atoms with Crippen molar-refractivity contribution in [3.05, 3.63) is 38.5 Å². The Bertz CT molecular complexity index is 749. The molecule has 1 aromatic heterocycles. The summed E-state index contributed by atoms with van der Waals surface area (Å²) in [6.45, 7) is 0. The van der Waals surface area contributed by atoms with E-state index in [2.05, 4.69) is 47.4 Å². The van der Waals surface area contributed by atoms with Crippen LogP contribution in [0.1, 0.15) is 29.3 Å². The first-order valence-electron chi connectivity index (χ1n) is 6.57. The van der Waals surface area contributed by atoms with E-state index in [0.717, 1.165) is 17.1 Å². The standard InChI is InChI=1S/C14H12BrN3SSe/c15-13-7-8-9(3-2-6-12(8)19-13)16-10-4-1-5-11-14(10)18-20-17-11/h1,4-5,7,9,16H,2-3,6H2. The van der Waals surface area contributed by atoms with E-state index in [-0.39, 0.29) is 14.6 Å². The fourth-order valence-corrected chi connectivity index (χ4v) is 5.75. The number of nitrogens with one attached hydrogen (secondary N) is 1. The molecule has 3 nitrogen and oxygen atoms in total. The van der Waals surface area contributed by atoms with E-state index in [1.807, 2.05) is 17.4 Å². The van der Waals surface area contributed by atoms with Crippen molar-refractivity contribution in [2.75, 3.05) is 5.32 Å². The molecule has 0 amide bonds. The van der Waals surface area contributed by atoms with Crippen LogP contribution >= 0.6 is 27.3 Å². The summed E-state index contributed by atoms with van der Waals surface area (Å²) in [6, 6.07) is 8.90. The van der Waals surface area contributed by atoms with Crippen molar-refractivity contribution in [3.8, 4) is 0 Å². The summed E-state index contributed by atoms with van der Waals surface area (Å²) in [5, 5.41) is 3.69. The Morgan fingerprint density at radius 2 is 2.30 bits per heavy atom. The van der Waals surface area contributed by atoms with Gasteiger partial charge in [-0.2, -0.15) is 0 Å². The van der Waals surface area contributed by atoms with Gasteiger partial charge in [-0.25, -0.2) is 0 Å². The minimum absolute atomic E-state index is 0.0310. The first-order chi connectivity index (χ1) is 9.81. The van der Waals surface area contributed by atoms with E-state index in [9.17, 15) is 0 Å². The zero-order valence-corrected chi connectivity index (χ0v) is 14.7. The van der Waals surface area contributed by atoms with Gasteiger partial charge in [-0.3, -0.25) is 0 Å². The predicted molar refractivity (Wildman–Crippen MR) is 87.7 cm³/mol. The van der Waals surface area contributed by atoms with Crippen LogP contribution in [0.15, 0.2) is 36.0 Å². The maximum absolute atomic E-state index is 4.55. The molecule has 1 atom stereocenters. The molecule has 0 fully saturated rings. The summed E-state index contributed by atoms with van der Waals surface area (Å²) in [5.41, 5.74) is 4.67. The topological polar surface area (TPSA) is 36.8 Å². The van der Waals surface area contributed by atoms with Gasteiger partial charge in [0.25, 0.3) is 0 Å². The molecule has 1 aliphatic heterocycles. The Morgan fingerprint density at radius 1 is 1.35 bits per heavy atom. The third-order valence-corrected chi connectivity index (χ3v) is 6.55. The molecule has 0 radical (unpaired) electrons. The molecule has 102 valence electrons. The van der Waals surface area contributed by atoms with Crippen LogP contribution in [0.25, 0.3) is 0 Å². The van der Waals surface area contributed by atoms with Gasteiger partial charge in [0, 0.05) is 0 Å². The first kappa shape index (κ1) is 13.0. The van der Waals surface area contributed by atoms with Crippen molar-refractivity contribution in [1.29, 1.82) is 0 Å². The van der Waals surface area contributed by atoms with E-state index in [1.165, 1.54) is 33.5 Å². The average molecular weight is 413 g/mol. The van der Waals surface area contributed by atoms with Gasteiger partial charge in [0.2, 0.25) is 0 Å². The summed E-state index contributed by atoms with van der Waals surface area (Å²) in [4.78, 5) is 1.51. The molecule has 0 saturated carbocycles. The quantitative estimate of drug-likeness (QED) is 0.566. The van der Waals surface area contributed by atoms with Gasteiger partial charge >= 0.3 is 136 Å². The Balaban J connectivity index is 1.68. The molecule has 1 aliphatic carbocycles. The van der Waals surface area contributed by atoms with E-state index < -0.39 is 0 Å². The van der Waals surface area contributed by atoms with E-state index in [4.69, 9.17) is 0 Å². The zero-order valence-electron chi connectivity index (χ0n) is 10.6. The summed E-state index contributed by atoms with van der Waals surface area (Å²) < 4.78 is 10.2. The van der Waals surface area contributed by atoms with Crippen molar-refractivity contribution in [3.63, 3.8) is 0 Å². The molecule has 4 rings (SSSR count). The van der Waals surface area contributed by atoms with Gasteiger partial charge in [-0.1, -0.05) is 0 Å². The summed E-state index contributed by atoms with van der Waals surface area (Å²) in [6.07, 6.45) is 3.64. The normalized spacial score (nSPS) is 19.4. The molecular formula is C14H12BrN3SSe. The SMILES string of the molecule is Brc1cc2c(s1)CCCC2Nc1cccc2c1N=[Se]=N2. The number of anilines is 1.